The predicted octanol–water partition coefficient (Wildman–Crippen LogP) is 3.48. The molecule has 0 saturated heterocycles. The molecule has 0 unspecified atom stereocenters. The van der Waals surface area contributed by atoms with Crippen LogP contribution in [0.4, 0.5) is 11.4 Å². The van der Waals surface area contributed by atoms with Gasteiger partial charge in [-0.3, -0.25) is 4.99 Å². The zero-order valence-corrected chi connectivity index (χ0v) is 9.33. The van der Waals surface area contributed by atoms with E-state index in [0.29, 0.717) is 0 Å². The van der Waals surface area contributed by atoms with E-state index >= 15 is 0 Å². The molecule has 0 spiro atoms. The van der Waals surface area contributed by atoms with E-state index in [1.54, 1.807) is 0 Å². The molecule has 1 N–H and O–H groups in total. The van der Waals surface area contributed by atoms with Crippen LogP contribution >= 0.6 is 0 Å². The predicted molar refractivity (Wildman–Crippen MR) is 63.6 cm³/mol. The topological polar surface area (TPSA) is 24.4 Å². The van der Waals surface area contributed by atoms with E-state index in [9.17, 15) is 0 Å². The van der Waals surface area contributed by atoms with E-state index < -0.39 is 0 Å². The van der Waals surface area contributed by atoms with Gasteiger partial charge in [0.2, 0.25) is 0 Å². The number of nitrogens with one attached hydrogen (secondary N) is 1. The number of hydrogen-bond donors (Lipinski definition) is 1. The summed E-state index contributed by atoms with van der Waals surface area (Å²) in [6.45, 7) is 6.41. The van der Waals surface area contributed by atoms with Gasteiger partial charge in [-0.25, -0.2) is 0 Å². The molecule has 0 aliphatic heterocycles. The first-order chi connectivity index (χ1) is 6.53. The average Bonchev–Trinajstić information content (AvgIpc) is 2.14. The van der Waals surface area contributed by atoms with Gasteiger partial charge >= 0.3 is 0 Å². The molecular weight excluding hydrogens is 172 g/mol. The van der Waals surface area contributed by atoms with Crippen molar-refractivity contribution < 1.29 is 0 Å². The Labute approximate surface area is 86.1 Å². The quantitative estimate of drug-likeness (QED) is 0.709. The molecule has 0 radical (unpaired) electrons. The molecule has 0 fully saturated rings. The molecule has 1 aromatic carbocycles. The van der Waals surface area contributed by atoms with E-state index in [0.717, 1.165) is 11.4 Å². The van der Waals surface area contributed by atoms with Crippen LogP contribution in [-0.2, 0) is 0 Å². The van der Waals surface area contributed by atoms with Crippen LogP contribution < -0.4 is 5.32 Å². The highest BCUT2D eigenvalue weighted by Crippen LogP contribution is 2.24. The minimum absolute atomic E-state index is 0.126. The summed E-state index contributed by atoms with van der Waals surface area (Å²) in [5.74, 6) is 0. The lowest BCUT2D eigenvalue weighted by Gasteiger charge is -2.11. The summed E-state index contributed by atoms with van der Waals surface area (Å²) >= 11 is 0. The third kappa shape index (κ3) is 3.21. The molecule has 0 heterocycles. The van der Waals surface area contributed by atoms with Crippen molar-refractivity contribution in [2.24, 2.45) is 10.4 Å². The van der Waals surface area contributed by atoms with Gasteiger partial charge in [0, 0.05) is 13.3 Å². The molecule has 2 nitrogen and oxygen atoms in total. The van der Waals surface area contributed by atoms with E-state index in [2.05, 4.69) is 31.1 Å². The summed E-state index contributed by atoms with van der Waals surface area (Å²) in [5, 5.41) is 3.12. The summed E-state index contributed by atoms with van der Waals surface area (Å²) in [4.78, 5) is 4.46. The first kappa shape index (κ1) is 10.8. The van der Waals surface area contributed by atoms with Crippen molar-refractivity contribution in [2.75, 3.05) is 12.4 Å². The fraction of sp³-hybridized carbons (Fsp3) is 0.417. The standard InChI is InChI=1S/C12H18N2/c1-12(2,3)9-14-11-8-6-5-7-10(11)13-4/h5-9,13H,1-4H3/b14-9-. The molecule has 0 aliphatic rings. The van der Waals surface area contributed by atoms with Crippen molar-refractivity contribution in [2.45, 2.75) is 20.8 Å². The van der Waals surface area contributed by atoms with E-state index in [1.165, 1.54) is 0 Å². The Bertz CT molecular complexity index is 321. The lowest BCUT2D eigenvalue weighted by atomic mass is 9.99. The molecule has 0 amide bonds. The highest BCUT2D eigenvalue weighted by molar-refractivity contribution is 5.74. The second kappa shape index (κ2) is 4.27. The van der Waals surface area contributed by atoms with Crippen molar-refractivity contribution in [3.8, 4) is 0 Å². The second-order valence-electron chi connectivity index (χ2n) is 4.39. The molecule has 0 bridgehead atoms. The third-order valence-corrected chi connectivity index (χ3v) is 1.76. The van der Waals surface area contributed by atoms with Gasteiger partial charge in [-0.1, -0.05) is 32.9 Å². The first-order valence-corrected chi connectivity index (χ1v) is 4.85. The normalized spacial score (nSPS) is 12.0. The molecule has 0 aromatic heterocycles. The van der Waals surface area contributed by atoms with Gasteiger partial charge in [-0.05, 0) is 17.5 Å². The number of aliphatic imine (C=N–C) groups is 1. The minimum atomic E-state index is 0.126. The van der Waals surface area contributed by atoms with Gasteiger partial charge in [0.25, 0.3) is 0 Å². The largest absolute Gasteiger partial charge is 0.386 e. The maximum Gasteiger partial charge on any atom is 0.0857 e. The van der Waals surface area contributed by atoms with Crippen LogP contribution in [0.2, 0.25) is 0 Å². The molecule has 76 valence electrons. The van der Waals surface area contributed by atoms with Crippen LogP contribution in [0.15, 0.2) is 29.3 Å². The highest BCUT2D eigenvalue weighted by atomic mass is 14.9. The van der Waals surface area contributed by atoms with Gasteiger partial charge in [0.15, 0.2) is 0 Å². The molecule has 14 heavy (non-hydrogen) atoms. The maximum atomic E-state index is 4.46. The van der Waals surface area contributed by atoms with Gasteiger partial charge in [-0.2, -0.15) is 0 Å². The van der Waals surface area contributed by atoms with Crippen LogP contribution in [-0.4, -0.2) is 13.3 Å². The third-order valence-electron chi connectivity index (χ3n) is 1.76. The number of para-hydroxylation sites is 2. The smallest absolute Gasteiger partial charge is 0.0857 e. The molecular formula is C12H18N2. The number of benzene rings is 1. The van der Waals surface area contributed by atoms with E-state index in [1.807, 2.05) is 37.5 Å². The van der Waals surface area contributed by atoms with Gasteiger partial charge < -0.3 is 5.32 Å². The molecule has 0 atom stereocenters. The van der Waals surface area contributed by atoms with Crippen molar-refractivity contribution in [3.05, 3.63) is 24.3 Å². The van der Waals surface area contributed by atoms with Crippen LogP contribution in [0, 0.1) is 5.41 Å². The Morgan fingerprint density at radius 1 is 1.21 bits per heavy atom. The van der Waals surface area contributed by atoms with Crippen LogP contribution in [0.25, 0.3) is 0 Å². The molecule has 0 aliphatic carbocycles. The maximum absolute atomic E-state index is 4.46. The van der Waals surface area contributed by atoms with Gasteiger partial charge in [0.05, 0.1) is 11.4 Å². The number of anilines is 1. The van der Waals surface area contributed by atoms with Crippen LogP contribution in [0.1, 0.15) is 20.8 Å². The SMILES string of the molecule is CNc1ccccc1/N=C\C(C)(C)C. The Hall–Kier alpha value is -1.31. The van der Waals surface area contributed by atoms with Gasteiger partial charge in [0.1, 0.15) is 0 Å². The fourth-order valence-electron chi connectivity index (χ4n) is 1.06. The second-order valence-corrected chi connectivity index (χ2v) is 4.39. The lowest BCUT2D eigenvalue weighted by Crippen LogP contribution is -2.05. The zero-order valence-electron chi connectivity index (χ0n) is 9.33. The first-order valence-electron chi connectivity index (χ1n) is 4.85. The molecule has 2 heteroatoms. The highest BCUT2D eigenvalue weighted by Gasteiger charge is 2.05. The van der Waals surface area contributed by atoms with Crippen molar-refractivity contribution in [1.29, 1.82) is 0 Å². The Morgan fingerprint density at radius 3 is 2.43 bits per heavy atom. The van der Waals surface area contributed by atoms with Gasteiger partial charge in [-0.15, -0.1) is 0 Å². The summed E-state index contributed by atoms with van der Waals surface area (Å²) < 4.78 is 0. The van der Waals surface area contributed by atoms with E-state index in [-0.39, 0.29) is 5.41 Å². The summed E-state index contributed by atoms with van der Waals surface area (Å²) in [6, 6.07) is 8.03. The van der Waals surface area contributed by atoms with Crippen molar-refractivity contribution in [1.82, 2.24) is 0 Å². The Balaban J connectivity index is 2.91. The van der Waals surface area contributed by atoms with Crippen LogP contribution in [0.5, 0.6) is 0 Å². The average molecular weight is 190 g/mol. The number of rotatable bonds is 2. The molecule has 1 aromatic rings. The van der Waals surface area contributed by atoms with Crippen molar-refractivity contribution >= 4 is 17.6 Å². The minimum Gasteiger partial charge on any atom is -0.386 e. The van der Waals surface area contributed by atoms with Crippen LogP contribution in [0.3, 0.4) is 0 Å². The lowest BCUT2D eigenvalue weighted by molar-refractivity contribution is 0.607. The molecule has 1 rings (SSSR count). The monoisotopic (exact) mass is 190 g/mol. The number of hydrogen-bond acceptors (Lipinski definition) is 2. The summed E-state index contributed by atoms with van der Waals surface area (Å²) in [7, 11) is 1.91. The molecule has 0 saturated carbocycles. The number of nitrogens with zero attached hydrogens (tertiary/aromatic N) is 1. The Morgan fingerprint density at radius 2 is 1.86 bits per heavy atom. The van der Waals surface area contributed by atoms with E-state index in [4.69, 9.17) is 0 Å². The summed E-state index contributed by atoms with van der Waals surface area (Å²) in [6.07, 6.45) is 1.98. The zero-order chi connectivity index (χ0) is 10.6. The summed E-state index contributed by atoms with van der Waals surface area (Å²) in [5.41, 5.74) is 2.18. The fourth-order valence-corrected chi connectivity index (χ4v) is 1.06. The Kier molecular flexibility index (Phi) is 3.28. The van der Waals surface area contributed by atoms with Crippen molar-refractivity contribution in [3.63, 3.8) is 0 Å².